The van der Waals surface area contributed by atoms with Crippen molar-refractivity contribution in [1.29, 1.82) is 0 Å². The maximum atomic E-state index is 5.51. The fourth-order valence-corrected chi connectivity index (χ4v) is 10.1. The van der Waals surface area contributed by atoms with E-state index in [9.17, 15) is 0 Å². The van der Waals surface area contributed by atoms with E-state index in [2.05, 4.69) is 267 Å². The molecule has 13 rings (SSSR count). The third kappa shape index (κ3) is 10.5. The van der Waals surface area contributed by atoms with Crippen LogP contribution in [0, 0.1) is 6.07 Å². The van der Waals surface area contributed by atoms with E-state index in [1.807, 2.05) is 24.4 Å². The number of aromatic nitrogens is 4. The summed E-state index contributed by atoms with van der Waals surface area (Å²) >= 11 is 0. The summed E-state index contributed by atoms with van der Waals surface area (Å²) in [5, 5.41) is 2.19. The fourth-order valence-electron chi connectivity index (χ4n) is 10.1. The van der Waals surface area contributed by atoms with E-state index >= 15 is 0 Å². The minimum absolute atomic E-state index is 0. The SMILES string of the molecule is [Ir].[c-]1ccc(-c2nc(-c3cc(-c4ccccc4)cc(-c4cccc(-c5ccccc5)c4)c3)nc(-c3cc(-c4ccccc4)cc(-c4cc(-c5ccccc5)cc(-c5ccccc5)c4)c3)n2)cc1-c1cc2ccccc2cn1. The molecule has 0 atom stereocenters. The first-order valence-corrected chi connectivity index (χ1v) is 25.6. The molecule has 0 N–H and O–H groups in total. The molecule has 0 aliphatic rings. The first-order chi connectivity index (χ1) is 37.6. The Kier molecular flexibility index (Phi) is 13.7. The van der Waals surface area contributed by atoms with Crippen LogP contribution in [0.4, 0.5) is 0 Å². The minimum Gasteiger partial charge on any atom is -0.304 e. The average Bonchev–Trinajstić information content (AvgIpc) is 3.52. The van der Waals surface area contributed by atoms with Crippen LogP contribution in [0.1, 0.15) is 0 Å². The van der Waals surface area contributed by atoms with Crippen molar-refractivity contribution >= 4 is 10.8 Å². The molecule has 1 radical (unpaired) electrons. The molecule has 0 saturated carbocycles. The number of benzene rings is 11. The first kappa shape index (κ1) is 48.4. The van der Waals surface area contributed by atoms with Gasteiger partial charge in [0, 0.05) is 37.4 Å². The van der Waals surface area contributed by atoms with Crippen LogP contribution in [0.5, 0.6) is 0 Å². The zero-order chi connectivity index (χ0) is 50.6. The monoisotopic (exact) mass is 1160 g/mol. The van der Waals surface area contributed by atoms with Crippen LogP contribution in [-0.2, 0) is 20.1 Å². The molecular formula is C72H47IrN4-. The van der Waals surface area contributed by atoms with Gasteiger partial charge in [-0.05, 0) is 155 Å². The van der Waals surface area contributed by atoms with E-state index in [1.54, 1.807) is 0 Å². The van der Waals surface area contributed by atoms with Crippen molar-refractivity contribution < 1.29 is 20.1 Å². The Morgan fingerprint density at radius 1 is 0.234 bits per heavy atom. The summed E-state index contributed by atoms with van der Waals surface area (Å²) in [4.78, 5) is 21.2. The van der Waals surface area contributed by atoms with Crippen molar-refractivity contribution in [2.75, 3.05) is 0 Å². The van der Waals surface area contributed by atoms with Crippen molar-refractivity contribution in [3.63, 3.8) is 0 Å². The summed E-state index contributed by atoms with van der Waals surface area (Å²) < 4.78 is 0. The molecule has 0 unspecified atom stereocenters. The van der Waals surface area contributed by atoms with E-state index in [1.165, 1.54) is 0 Å². The molecule has 0 fully saturated rings. The van der Waals surface area contributed by atoms with Gasteiger partial charge in [0.05, 0.1) is 0 Å². The van der Waals surface area contributed by atoms with Gasteiger partial charge < -0.3 is 4.98 Å². The molecular weight excluding hydrogens is 1110 g/mol. The van der Waals surface area contributed by atoms with Crippen LogP contribution in [-0.4, -0.2) is 19.9 Å². The molecule has 4 nitrogen and oxygen atoms in total. The average molecular weight is 1160 g/mol. The number of hydrogen-bond acceptors (Lipinski definition) is 4. The van der Waals surface area contributed by atoms with Gasteiger partial charge in [-0.2, -0.15) is 0 Å². The molecule has 0 saturated heterocycles. The van der Waals surface area contributed by atoms with Gasteiger partial charge in [-0.25, -0.2) is 15.0 Å². The Bertz CT molecular complexity index is 4150. The maximum absolute atomic E-state index is 5.51. The predicted molar refractivity (Wildman–Crippen MR) is 314 cm³/mol. The minimum atomic E-state index is 0. The van der Waals surface area contributed by atoms with E-state index in [4.69, 9.17) is 19.9 Å². The molecule has 11 aromatic carbocycles. The van der Waals surface area contributed by atoms with Crippen LogP contribution in [0.15, 0.2) is 285 Å². The van der Waals surface area contributed by atoms with Crippen LogP contribution in [0.3, 0.4) is 0 Å². The normalized spacial score (nSPS) is 11.0. The van der Waals surface area contributed by atoms with Gasteiger partial charge in [0.2, 0.25) is 0 Å². The van der Waals surface area contributed by atoms with Gasteiger partial charge in [0.15, 0.2) is 11.6 Å². The Balaban J connectivity index is 0.00000596. The van der Waals surface area contributed by atoms with Crippen LogP contribution in [0.25, 0.3) is 134 Å². The van der Waals surface area contributed by atoms with Crippen molar-refractivity contribution in [3.8, 4) is 123 Å². The topological polar surface area (TPSA) is 51.6 Å². The molecule has 5 heteroatoms. The van der Waals surface area contributed by atoms with Crippen LogP contribution in [0.2, 0.25) is 0 Å². The Labute approximate surface area is 462 Å². The Hall–Kier alpha value is -9.51. The van der Waals surface area contributed by atoms with Crippen molar-refractivity contribution in [2.24, 2.45) is 0 Å². The molecule has 0 bridgehead atoms. The third-order valence-corrected chi connectivity index (χ3v) is 14.0. The number of fused-ring (bicyclic) bond motifs is 1. The largest absolute Gasteiger partial charge is 0.304 e. The van der Waals surface area contributed by atoms with E-state index < -0.39 is 0 Å². The Morgan fingerprint density at radius 3 is 0.987 bits per heavy atom. The molecule has 0 spiro atoms. The summed E-state index contributed by atoms with van der Waals surface area (Å²) in [7, 11) is 0. The van der Waals surface area contributed by atoms with Gasteiger partial charge in [-0.3, -0.25) is 0 Å². The summed E-state index contributed by atoms with van der Waals surface area (Å²) in [5.41, 5.74) is 19.7. The fraction of sp³-hybridized carbons (Fsp3) is 0. The van der Waals surface area contributed by atoms with Gasteiger partial charge in [-0.1, -0.05) is 206 Å². The van der Waals surface area contributed by atoms with Crippen molar-refractivity contribution in [3.05, 3.63) is 291 Å². The zero-order valence-electron chi connectivity index (χ0n) is 41.8. The molecule has 77 heavy (non-hydrogen) atoms. The number of nitrogens with zero attached hydrogens (tertiary/aromatic N) is 4. The molecule has 2 aromatic heterocycles. The predicted octanol–water partition coefficient (Wildman–Crippen LogP) is 18.6. The van der Waals surface area contributed by atoms with E-state index in [0.29, 0.717) is 17.5 Å². The van der Waals surface area contributed by atoms with Gasteiger partial charge in [0.1, 0.15) is 5.82 Å². The number of hydrogen-bond donors (Lipinski definition) is 0. The summed E-state index contributed by atoms with van der Waals surface area (Å²) in [5.74, 6) is 1.65. The second kappa shape index (κ2) is 21.8. The second-order valence-corrected chi connectivity index (χ2v) is 19.0. The zero-order valence-corrected chi connectivity index (χ0v) is 44.2. The van der Waals surface area contributed by atoms with Gasteiger partial charge in [-0.15, -0.1) is 29.8 Å². The van der Waals surface area contributed by atoms with Crippen LogP contribution >= 0.6 is 0 Å². The number of rotatable bonds is 11. The molecule has 0 amide bonds. The number of pyridine rings is 1. The molecule has 365 valence electrons. The van der Waals surface area contributed by atoms with E-state index in [0.717, 1.165) is 117 Å². The molecule has 2 heterocycles. The maximum Gasteiger partial charge on any atom is 0.164 e. The first-order valence-electron chi connectivity index (χ1n) is 25.6. The summed E-state index contributed by atoms with van der Waals surface area (Å²) in [6.45, 7) is 0. The quantitative estimate of drug-likeness (QED) is 0.121. The second-order valence-electron chi connectivity index (χ2n) is 19.0. The molecule has 13 aromatic rings. The molecule has 0 aliphatic carbocycles. The van der Waals surface area contributed by atoms with Gasteiger partial charge in [0.25, 0.3) is 0 Å². The van der Waals surface area contributed by atoms with Crippen LogP contribution < -0.4 is 0 Å². The smallest absolute Gasteiger partial charge is 0.164 e. The standard InChI is InChI=1S/C72H47N4.Ir/c1-6-20-49(21-7-1)54-32-18-33-55(36-54)64-39-62(52-26-12-4-13-27-52)43-67(45-64)71-74-70(58-35-19-34-57(37-58)69-47-56-30-16-17-31-59(56)48-73-69)75-72(76-71)68-44-63(53-28-14-5-15-29-53)42-66(46-68)65-40-60(50-22-8-2-9-23-50)38-61(41-65)51-24-10-3-11-25-51;/h1-33,35-48H;/q-1;. The Morgan fingerprint density at radius 2 is 0.545 bits per heavy atom. The van der Waals surface area contributed by atoms with Gasteiger partial charge >= 0.3 is 0 Å². The van der Waals surface area contributed by atoms with Crippen molar-refractivity contribution in [1.82, 2.24) is 19.9 Å². The molecule has 0 aliphatic heterocycles. The summed E-state index contributed by atoms with van der Waals surface area (Å²) in [6.07, 6.45) is 1.92. The summed E-state index contributed by atoms with van der Waals surface area (Å²) in [6, 6.07) is 102. The van der Waals surface area contributed by atoms with Crippen molar-refractivity contribution in [2.45, 2.75) is 0 Å². The van der Waals surface area contributed by atoms with E-state index in [-0.39, 0.29) is 20.1 Å². The third-order valence-electron chi connectivity index (χ3n) is 14.0.